The van der Waals surface area contributed by atoms with Gasteiger partial charge in [0.25, 0.3) is 0 Å². The Balaban J connectivity index is 2.18. The number of imidazole rings is 1. The molecule has 0 bridgehead atoms. The standard InChI is InChI=1S/C14H16N2O3/c1-9(14(17)18)6-13-15-8-12(16-13)10-4-3-5-11(7-10)19-2/h3-5,7-9H,6H2,1-2H3,(H,15,16)(H,17,18). The Morgan fingerprint density at radius 2 is 2.32 bits per heavy atom. The third kappa shape index (κ3) is 3.13. The molecule has 19 heavy (non-hydrogen) atoms. The second-order valence-corrected chi connectivity index (χ2v) is 4.42. The van der Waals surface area contributed by atoms with E-state index in [1.807, 2.05) is 24.3 Å². The Hall–Kier alpha value is -2.30. The van der Waals surface area contributed by atoms with Gasteiger partial charge in [-0.1, -0.05) is 19.1 Å². The van der Waals surface area contributed by atoms with E-state index in [0.29, 0.717) is 12.2 Å². The van der Waals surface area contributed by atoms with Crippen molar-refractivity contribution in [1.82, 2.24) is 9.97 Å². The number of hydrogen-bond acceptors (Lipinski definition) is 3. The Kier molecular flexibility index (Phi) is 3.85. The topological polar surface area (TPSA) is 75.2 Å². The van der Waals surface area contributed by atoms with Crippen LogP contribution in [0.25, 0.3) is 11.3 Å². The zero-order valence-electron chi connectivity index (χ0n) is 10.9. The largest absolute Gasteiger partial charge is 0.497 e. The third-order valence-corrected chi connectivity index (χ3v) is 2.93. The molecule has 5 nitrogen and oxygen atoms in total. The van der Waals surface area contributed by atoms with Gasteiger partial charge in [-0.05, 0) is 12.1 Å². The smallest absolute Gasteiger partial charge is 0.306 e. The van der Waals surface area contributed by atoms with Crippen LogP contribution in [0.1, 0.15) is 12.7 Å². The minimum atomic E-state index is -0.820. The van der Waals surface area contributed by atoms with Crippen LogP contribution in [0.4, 0.5) is 0 Å². The van der Waals surface area contributed by atoms with Crippen molar-refractivity contribution in [3.8, 4) is 17.0 Å². The summed E-state index contributed by atoms with van der Waals surface area (Å²) in [6.45, 7) is 1.66. The maximum atomic E-state index is 10.8. The van der Waals surface area contributed by atoms with Crippen molar-refractivity contribution in [1.29, 1.82) is 0 Å². The first kappa shape index (κ1) is 13.1. The number of aromatic amines is 1. The molecule has 2 N–H and O–H groups in total. The van der Waals surface area contributed by atoms with Gasteiger partial charge < -0.3 is 14.8 Å². The highest BCUT2D eigenvalue weighted by molar-refractivity contribution is 5.69. The number of H-pyrrole nitrogens is 1. The van der Waals surface area contributed by atoms with Crippen LogP contribution < -0.4 is 4.74 Å². The molecule has 1 aromatic carbocycles. The fourth-order valence-corrected chi connectivity index (χ4v) is 1.78. The number of nitrogens with zero attached hydrogens (tertiary/aromatic N) is 1. The van der Waals surface area contributed by atoms with Crippen LogP contribution in [0.2, 0.25) is 0 Å². The lowest BCUT2D eigenvalue weighted by Gasteiger charge is -2.03. The zero-order valence-corrected chi connectivity index (χ0v) is 10.9. The number of methoxy groups -OCH3 is 1. The second-order valence-electron chi connectivity index (χ2n) is 4.42. The van der Waals surface area contributed by atoms with E-state index in [0.717, 1.165) is 17.0 Å². The highest BCUT2D eigenvalue weighted by Gasteiger charge is 2.14. The van der Waals surface area contributed by atoms with Crippen molar-refractivity contribution in [2.45, 2.75) is 13.3 Å². The average Bonchev–Trinajstić information content (AvgIpc) is 2.87. The van der Waals surface area contributed by atoms with Gasteiger partial charge in [0.05, 0.1) is 24.9 Å². The number of ether oxygens (including phenoxy) is 1. The van der Waals surface area contributed by atoms with Gasteiger partial charge in [-0.15, -0.1) is 0 Å². The molecule has 1 unspecified atom stereocenters. The quantitative estimate of drug-likeness (QED) is 0.865. The molecular formula is C14H16N2O3. The lowest BCUT2D eigenvalue weighted by Crippen LogP contribution is -2.12. The highest BCUT2D eigenvalue weighted by Crippen LogP contribution is 2.22. The molecule has 0 amide bonds. The summed E-state index contributed by atoms with van der Waals surface area (Å²) in [5, 5.41) is 8.88. The summed E-state index contributed by atoms with van der Waals surface area (Å²) >= 11 is 0. The van der Waals surface area contributed by atoms with Crippen LogP contribution in [0.15, 0.2) is 30.5 Å². The van der Waals surface area contributed by atoms with E-state index in [1.54, 1.807) is 20.2 Å². The molecule has 5 heteroatoms. The molecule has 1 aromatic heterocycles. The molecule has 0 fully saturated rings. The van der Waals surface area contributed by atoms with Crippen molar-refractivity contribution in [2.75, 3.05) is 7.11 Å². The zero-order chi connectivity index (χ0) is 13.8. The fraction of sp³-hybridized carbons (Fsp3) is 0.286. The van der Waals surface area contributed by atoms with E-state index in [4.69, 9.17) is 9.84 Å². The summed E-state index contributed by atoms with van der Waals surface area (Å²) < 4.78 is 5.17. The maximum Gasteiger partial charge on any atom is 0.306 e. The lowest BCUT2D eigenvalue weighted by molar-refractivity contribution is -0.141. The summed E-state index contributed by atoms with van der Waals surface area (Å²) in [6.07, 6.45) is 2.10. The summed E-state index contributed by atoms with van der Waals surface area (Å²) in [6, 6.07) is 7.61. The molecule has 0 radical (unpaired) electrons. The number of aromatic nitrogens is 2. The van der Waals surface area contributed by atoms with Crippen LogP contribution in [-0.2, 0) is 11.2 Å². The second kappa shape index (κ2) is 5.56. The van der Waals surface area contributed by atoms with Gasteiger partial charge >= 0.3 is 5.97 Å². The number of carboxylic acid groups (broad SMARTS) is 1. The summed E-state index contributed by atoms with van der Waals surface area (Å²) in [4.78, 5) is 18.2. The first-order valence-electron chi connectivity index (χ1n) is 6.01. The summed E-state index contributed by atoms with van der Waals surface area (Å²) in [7, 11) is 1.62. The molecule has 0 spiro atoms. The highest BCUT2D eigenvalue weighted by atomic mass is 16.5. The van der Waals surface area contributed by atoms with Gasteiger partial charge in [0.1, 0.15) is 11.6 Å². The van der Waals surface area contributed by atoms with E-state index >= 15 is 0 Å². The Morgan fingerprint density at radius 1 is 1.53 bits per heavy atom. The average molecular weight is 260 g/mol. The molecule has 2 rings (SSSR count). The number of carbonyl (C=O) groups is 1. The molecular weight excluding hydrogens is 244 g/mol. The van der Waals surface area contributed by atoms with Gasteiger partial charge in [0.15, 0.2) is 0 Å². The van der Waals surface area contributed by atoms with Gasteiger partial charge in [-0.2, -0.15) is 0 Å². The normalized spacial score (nSPS) is 12.1. The molecule has 100 valence electrons. The lowest BCUT2D eigenvalue weighted by atomic mass is 10.1. The van der Waals surface area contributed by atoms with Gasteiger partial charge in [-0.3, -0.25) is 4.79 Å². The van der Waals surface area contributed by atoms with Crippen molar-refractivity contribution in [3.05, 3.63) is 36.3 Å². The monoisotopic (exact) mass is 260 g/mol. The number of benzene rings is 1. The minimum absolute atomic E-state index is 0.388. The predicted molar refractivity (Wildman–Crippen MR) is 71.1 cm³/mol. The van der Waals surface area contributed by atoms with Crippen molar-refractivity contribution in [2.24, 2.45) is 5.92 Å². The summed E-state index contributed by atoms with van der Waals surface area (Å²) in [5.41, 5.74) is 1.81. The van der Waals surface area contributed by atoms with Gasteiger partial charge in [0, 0.05) is 12.0 Å². The molecule has 0 saturated carbocycles. The number of aliphatic carboxylic acids is 1. The van der Waals surface area contributed by atoms with Crippen LogP contribution in [0.5, 0.6) is 5.75 Å². The maximum absolute atomic E-state index is 10.8. The first-order chi connectivity index (χ1) is 9.10. The first-order valence-corrected chi connectivity index (χ1v) is 6.01. The SMILES string of the molecule is COc1cccc(-c2cnc(CC(C)C(=O)O)[nH]2)c1. The van der Waals surface area contributed by atoms with E-state index in [1.165, 1.54) is 0 Å². The molecule has 0 aliphatic rings. The Labute approximate surface area is 111 Å². The number of carboxylic acids is 1. The molecule has 0 aliphatic heterocycles. The van der Waals surface area contributed by atoms with Gasteiger partial charge in [0.2, 0.25) is 0 Å². The predicted octanol–water partition coefficient (Wildman–Crippen LogP) is 2.35. The van der Waals surface area contributed by atoms with E-state index < -0.39 is 11.9 Å². The van der Waals surface area contributed by atoms with E-state index in [2.05, 4.69) is 9.97 Å². The van der Waals surface area contributed by atoms with Gasteiger partial charge in [-0.25, -0.2) is 4.98 Å². The van der Waals surface area contributed by atoms with E-state index in [-0.39, 0.29) is 0 Å². The number of nitrogens with one attached hydrogen (secondary N) is 1. The number of hydrogen-bond donors (Lipinski definition) is 2. The van der Waals surface area contributed by atoms with Crippen LogP contribution >= 0.6 is 0 Å². The Morgan fingerprint density at radius 3 is 3.00 bits per heavy atom. The minimum Gasteiger partial charge on any atom is -0.497 e. The number of rotatable bonds is 5. The third-order valence-electron chi connectivity index (χ3n) is 2.93. The van der Waals surface area contributed by atoms with Crippen LogP contribution in [0.3, 0.4) is 0 Å². The van der Waals surface area contributed by atoms with Crippen molar-refractivity contribution < 1.29 is 14.6 Å². The molecule has 0 aliphatic carbocycles. The van der Waals surface area contributed by atoms with Crippen LogP contribution in [-0.4, -0.2) is 28.2 Å². The molecule has 2 aromatic rings. The van der Waals surface area contributed by atoms with Crippen molar-refractivity contribution >= 4 is 5.97 Å². The van der Waals surface area contributed by atoms with Crippen molar-refractivity contribution in [3.63, 3.8) is 0 Å². The van der Waals surface area contributed by atoms with E-state index in [9.17, 15) is 4.79 Å². The molecule has 1 heterocycles. The van der Waals surface area contributed by atoms with Crippen LogP contribution in [0, 0.1) is 5.92 Å². The molecule has 0 saturated heterocycles. The molecule has 1 atom stereocenters. The summed E-state index contributed by atoms with van der Waals surface area (Å²) in [5.74, 6) is 0.170. The Bertz CT molecular complexity index is 578. The fourth-order valence-electron chi connectivity index (χ4n) is 1.78.